The lowest BCUT2D eigenvalue weighted by Crippen LogP contribution is -2.25. The van der Waals surface area contributed by atoms with Gasteiger partial charge >= 0.3 is 0 Å². The summed E-state index contributed by atoms with van der Waals surface area (Å²) in [5.74, 6) is 1.60. The molecule has 0 saturated carbocycles. The molecule has 128 valence electrons. The van der Waals surface area contributed by atoms with Crippen molar-refractivity contribution < 1.29 is 14.0 Å². The zero-order valence-corrected chi connectivity index (χ0v) is 15.0. The predicted octanol–water partition coefficient (Wildman–Crippen LogP) is 4.65. The van der Waals surface area contributed by atoms with Crippen molar-refractivity contribution in [2.75, 3.05) is 13.7 Å². The molecule has 1 aromatic carbocycles. The van der Waals surface area contributed by atoms with Crippen LogP contribution in [0.3, 0.4) is 0 Å². The molecule has 0 aliphatic rings. The highest BCUT2D eigenvalue weighted by Crippen LogP contribution is 2.29. The van der Waals surface area contributed by atoms with E-state index in [0.29, 0.717) is 0 Å². The number of hydrogen-bond acceptors (Lipinski definition) is 2. The predicted molar refractivity (Wildman–Crippen MR) is 99.2 cm³/mol. The third-order valence-corrected chi connectivity index (χ3v) is 3.92. The summed E-state index contributed by atoms with van der Waals surface area (Å²) in [5.41, 5.74) is 2.27. The number of ether oxygens (including phenoxy) is 2. The van der Waals surface area contributed by atoms with Crippen molar-refractivity contribution in [3.8, 4) is 11.5 Å². The standard InChI is InChI=1S/C21H28NO2/c1-4-5-6-7-16-24-20-11-10-19(17-21(20)23-3)9-8-18-12-14-22(2)15-13-18/h8-15,17H,4-7,16H2,1-3H3/q+1. The fraction of sp³-hybridized carbons (Fsp3) is 0.381. The Hall–Kier alpha value is -2.29. The maximum Gasteiger partial charge on any atom is 0.169 e. The molecule has 0 aliphatic heterocycles. The Kier molecular flexibility index (Phi) is 7.34. The number of hydrogen-bond donors (Lipinski definition) is 0. The van der Waals surface area contributed by atoms with Crippen molar-refractivity contribution in [3.05, 3.63) is 53.9 Å². The Balaban J connectivity index is 1.98. The van der Waals surface area contributed by atoms with Crippen LogP contribution in [-0.4, -0.2) is 13.7 Å². The van der Waals surface area contributed by atoms with Crippen molar-refractivity contribution in [2.24, 2.45) is 7.05 Å². The first-order chi connectivity index (χ1) is 11.7. The van der Waals surface area contributed by atoms with Gasteiger partial charge in [0.05, 0.1) is 13.7 Å². The van der Waals surface area contributed by atoms with Crippen LogP contribution in [0.1, 0.15) is 43.7 Å². The maximum absolute atomic E-state index is 5.85. The normalized spacial score (nSPS) is 11.0. The van der Waals surface area contributed by atoms with Gasteiger partial charge in [0.25, 0.3) is 0 Å². The summed E-state index contributed by atoms with van der Waals surface area (Å²) in [6.45, 7) is 2.96. The van der Waals surface area contributed by atoms with Gasteiger partial charge in [-0.3, -0.25) is 0 Å². The third-order valence-electron chi connectivity index (χ3n) is 3.92. The summed E-state index contributed by atoms with van der Waals surface area (Å²) in [4.78, 5) is 0. The minimum absolute atomic E-state index is 0.743. The number of aromatic nitrogens is 1. The Morgan fingerprint density at radius 3 is 2.38 bits per heavy atom. The number of aryl methyl sites for hydroxylation is 1. The van der Waals surface area contributed by atoms with Gasteiger partial charge in [0.15, 0.2) is 23.9 Å². The molecule has 0 spiro atoms. The minimum atomic E-state index is 0.743. The fourth-order valence-corrected chi connectivity index (χ4v) is 2.43. The SMILES string of the molecule is CCCCCCOc1ccc(C=Cc2cc[n+](C)cc2)cc1OC. The number of unbranched alkanes of at least 4 members (excludes halogenated alkanes) is 3. The molecule has 0 saturated heterocycles. The smallest absolute Gasteiger partial charge is 0.169 e. The lowest BCUT2D eigenvalue weighted by Gasteiger charge is -2.11. The average molecular weight is 326 g/mol. The van der Waals surface area contributed by atoms with E-state index < -0.39 is 0 Å². The molecule has 0 radical (unpaired) electrons. The second-order valence-corrected chi connectivity index (χ2v) is 5.95. The van der Waals surface area contributed by atoms with E-state index in [4.69, 9.17) is 9.47 Å². The Bertz CT molecular complexity index is 647. The monoisotopic (exact) mass is 326 g/mol. The number of pyridine rings is 1. The number of benzene rings is 1. The van der Waals surface area contributed by atoms with Crippen LogP contribution in [0.25, 0.3) is 12.2 Å². The van der Waals surface area contributed by atoms with Crippen LogP contribution in [0.4, 0.5) is 0 Å². The first-order valence-electron chi connectivity index (χ1n) is 8.67. The lowest BCUT2D eigenvalue weighted by molar-refractivity contribution is -0.671. The molecule has 0 N–H and O–H groups in total. The van der Waals surface area contributed by atoms with Crippen LogP contribution >= 0.6 is 0 Å². The van der Waals surface area contributed by atoms with E-state index in [1.807, 2.05) is 36.1 Å². The molecule has 1 heterocycles. The van der Waals surface area contributed by atoms with E-state index in [9.17, 15) is 0 Å². The molecular formula is C21H28NO2+. The van der Waals surface area contributed by atoms with E-state index in [1.54, 1.807) is 7.11 Å². The highest BCUT2D eigenvalue weighted by atomic mass is 16.5. The van der Waals surface area contributed by atoms with Gasteiger partial charge in [-0.15, -0.1) is 0 Å². The van der Waals surface area contributed by atoms with E-state index in [1.165, 1.54) is 24.8 Å². The summed E-state index contributed by atoms with van der Waals surface area (Å²) in [6.07, 6.45) is 13.1. The largest absolute Gasteiger partial charge is 0.493 e. The Morgan fingerprint density at radius 1 is 0.917 bits per heavy atom. The highest BCUT2D eigenvalue weighted by molar-refractivity contribution is 5.70. The quantitative estimate of drug-likeness (QED) is 0.494. The molecule has 3 nitrogen and oxygen atoms in total. The van der Waals surface area contributed by atoms with Gasteiger partial charge in [-0.1, -0.05) is 44.4 Å². The van der Waals surface area contributed by atoms with Crippen LogP contribution in [0.5, 0.6) is 11.5 Å². The molecule has 0 unspecified atom stereocenters. The molecule has 3 heteroatoms. The van der Waals surface area contributed by atoms with Crippen molar-refractivity contribution in [1.82, 2.24) is 0 Å². The first kappa shape index (κ1) is 18.1. The van der Waals surface area contributed by atoms with Gasteiger partial charge < -0.3 is 9.47 Å². The van der Waals surface area contributed by atoms with Gasteiger partial charge in [0.2, 0.25) is 0 Å². The van der Waals surface area contributed by atoms with E-state index >= 15 is 0 Å². The Morgan fingerprint density at radius 2 is 1.67 bits per heavy atom. The first-order valence-corrected chi connectivity index (χ1v) is 8.67. The zero-order valence-electron chi connectivity index (χ0n) is 15.0. The van der Waals surface area contributed by atoms with Gasteiger partial charge in [0.1, 0.15) is 7.05 Å². The molecule has 0 atom stereocenters. The fourth-order valence-electron chi connectivity index (χ4n) is 2.43. The molecular weight excluding hydrogens is 298 g/mol. The van der Waals surface area contributed by atoms with Crippen LogP contribution in [-0.2, 0) is 7.05 Å². The van der Waals surface area contributed by atoms with Crippen LogP contribution in [0.2, 0.25) is 0 Å². The molecule has 0 bridgehead atoms. The zero-order chi connectivity index (χ0) is 17.2. The maximum atomic E-state index is 5.85. The molecule has 24 heavy (non-hydrogen) atoms. The highest BCUT2D eigenvalue weighted by Gasteiger charge is 2.04. The van der Waals surface area contributed by atoms with E-state index in [-0.39, 0.29) is 0 Å². The van der Waals surface area contributed by atoms with Crippen molar-refractivity contribution in [3.63, 3.8) is 0 Å². The van der Waals surface area contributed by atoms with Gasteiger partial charge in [0, 0.05) is 12.1 Å². The minimum Gasteiger partial charge on any atom is -0.493 e. The summed E-state index contributed by atoms with van der Waals surface area (Å²) in [7, 11) is 3.70. The van der Waals surface area contributed by atoms with Crippen LogP contribution < -0.4 is 14.0 Å². The summed E-state index contributed by atoms with van der Waals surface area (Å²) >= 11 is 0. The lowest BCUT2D eigenvalue weighted by atomic mass is 10.1. The second kappa shape index (κ2) is 9.76. The van der Waals surface area contributed by atoms with Crippen molar-refractivity contribution in [2.45, 2.75) is 32.6 Å². The molecule has 2 rings (SSSR count). The molecule has 0 aliphatic carbocycles. The Labute approximate surface area is 145 Å². The van der Waals surface area contributed by atoms with Gasteiger partial charge in [-0.25, -0.2) is 4.57 Å². The number of methoxy groups -OCH3 is 1. The molecule has 2 aromatic rings. The topological polar surface area (TPSA) is 22.3 Å². The van der Waals surface area contributed by atoms with Crippen molar-refractivity contribution >= 4 is 12.2 Å². The van der Waals surface area contributed by atoms with Crippen LogP contribution in [0, 0.1) is 0 Å². The van der Waals surface area contributed by atoms with Gasteiger partial charge in [-0.05, 0) is 29.7 Å². The summed E-state index contributed by atoms with van der Waals surface area (Å²) in [5, 5.41) is 0. The molecule has 1 aromatic heterocycles. The average Bonchev–Trinajstić information content (AvgIpc) is 2.61. The van der Waals surface area contributed by atoms with E-state index in [0.717, 1.165) is 30.1 Å². The number of nitrogens with zero attached hydrogens (tertiary/aromatic N) is 1. The summed E-state index contributed by atoms with van der Waals surface area (Å²) in [6, 6.07) is 10.2. The van der Waals surface area contributed by atoms with Crippen molar-refractivity contribution in [1.29, 1.82) is 0 Å². The molecule has 0 amide bonds. The summed E-state index contributed by atoms with van der Waals surface area (Å²) < 4.78 is 13.3. The van der Waals surface area contributed by atoms with Gasteiger partial charge in [-0.2, -0.15) is 0 Å². The third kappa shape index (κ3) is 5.73. The van der Waals surface area contributed by atoms with E-state index in [2.05, 4.69) is 37.3 Å². The molecule has 0 fully saturated rings. The number of rotatable bonds is 9. The second-order valence-electron chi connectivity index (χ2n) is 5.95. The van der Waals surface area contributed by atoms with Crippen LogP contribution in [0.15, 0.2) is 42.7 Å².